The molecule has 0 saturated carbocycles. The Hall–Kier alpha value is -2.29. The number of benzene rings is 1. The fraction of sp³-hybridized carbons (Fsp3) is 0.567. The number of hydrogen-bond donors (Lipinski definition) is 1. The largest absolute Gasteiger partial charge is 0.465 e. The summed E-state index contributed by atoms with van der Waals surface area (Å²) in [5, 5.41) is 9.77. The van der Waals surface area contributed by atoms with Gasteiger partial charge in [0.1, 0.15) is 6.04 Å². The second kappa shape index (κ2) is 12.9. The van der Waals surface area contributed by atoms with Crippen molar-refractivity contribution in [2.75, 3.05) is 31.2 Å². The van der Waals surface area contributed by atoms with Crippen LogP contribution in [0.15, 0.2) is 49.6 Å². The molecule has 3 fully saturated rings. The third-order valence-electron chi connectivity index (χ3n) is 8.33. The summed E-state index contributed by atoms with van der Waals surface area (Å²) in [7, 11) is 0. The molecule has 9 heteroatoms. The van der Waals surface area contributed by atoms with Crippen molar-refractivity contribution in [3.8, 4) is 0 Å². The Morgan fingerprint density at radius 1 is 1.23 bits per heavy atom. The number of ether oxygens (including phenoxy) is 1. The number of esters is 1. The minimum Gasteiger partial charge on any atom is -0.465 e. The average molecular weight is 575 g/mol. The Morgan fingerprint density at radius 3 is 2.69 bits per heavy atom. The Kier molecular flexibility index (Phi) is 9.83. The molecule has 2 bridgehead atoms. The van der Waals surface area contributed by atoms with Crippen molar-refractivity contribution in [2.45, 2.75) is 61.5 Å². The summed E-state index contributed by atoms with van der Waals surface area (Å²) in [6, 6.07) is 6.40. The van der Waals surface area contributed by atoms with Gasteiger partial charge < -0.3 is 19.6 Å². The molecular weight excluding hydrogens is 536 g/mol. The van der Waals surface area contributed by atoms with E-state index < -0.39 is 22.6 Å². The summed E-state index contributed by atoms with van der Waals surface area (Å²) in [4.78, 5) is 45.4. The topological polar surface area (TPSA) is 87.1 Å². The van der Waals surface area contributed by atoms with Gasteiger partial charge in [-0.2, -0.15) is 0 Å². The van der Waals surface area contributed by atoms with E-state index in [0.29, 0.717) is 36.7 Å². The number of aliphatic hydroxyl groups excluding tert-OH is 1. The number of halogens is 1. The molecule has 3 aliphatic rings. The number of fused-ring (bicyclic) bond motifs is 1. The minimum absolute atomic E-state index is 0.00542. The molecule has 39 heavy (non-hydrogen) atoms. The summed E-state index contributed by atoms with van der Waals surface area (Å²) in [5.74, 6) is -1.89. The first kappa shape index (κ1) is 29.7. The number of para-hydroxylation sites is 1. The van der Waals surface area contributed by atoms with Crippen LogP contribution in [0.2, 0.25) is 5.02 Å². The lowest BCUT2D eigenvalue weighted by atomic mass is 9.66. The van der Waals surface area contributed by atoms with E-state index in [0.717, 1.165) is 25.7 Å². The highest BCUT2D eigenvalue weighted by Gasteiger charge is 2.76. The van der Waals surface area contributed by atoms with Gasteiger partial charge in [0.15, 0.2) is 0 Å². The number of nitrogens with zero attached hydrogens (tertiary/aromatic N) is 2. The number of unbranched alkanes of at least 4 members (excludes halogenated alkanes) is 3. The molecular formula is C30H39ClN2O5S. The highest BCUT2D eigenvalue weighted by atomic mass is 35.5. The molecule has 0 aromatic heterocycles. The van der Waals surface area contributed by atoms with Crippen LogP contribution in [0.25, 0.3) is 0 Å². The monoisotopic (exact) mass is 574 g/mol. The van der Waals surface area contributed by atoms with Gasteiger partial charge in [0.2, 0.25) is 5.91 Å². The highest BCUT2D eigenvalue weighted by Crippen LogP contribution is 2.68. The van der Waals surface area contributed by atoms with E-state index >= 15 is 0 Å². The highest BCUT2D eigenvalue weighted by molar-refractivity contribution is 8.02. The van der Waals surface area contributed by atoms with Crippen molar-refractivity contribution >= 4 is 46.8 Å². The van der Waals surface area contributed by atoms with Crippen LogP contribution in [-0.4, -0.2) is 70.1 Å². The maximum Gasteiger partial charge on any atom is 0.310 e. The molecule has 1 N–H and O–H groups in total. The number of carbonyl (C=O) groups is 3. The number of thioether (sulfide) groups is 1. The lowest BCUT2D eigenvalue weighted by Crippen LogP contribution is -2.57. The van der Waals surface area contributed by atoms with Gasteiger partial charge in [-0.15, -0.1) is 24.9 Å². The number of amides is 2. The molecule has 4 rings (SSSR count). The van der Waals surface area contributed by atoms with E-state index in [2.05, 4.69) is 20.1 Å². The van der Waals surface area contributed by atoms with Gasteiger partial charge in [-0.1, -0.05) is 42.8 Å². The van der Waals surface area contributed by atoms with Gasteiger partial charge in [-0.05, 0) is 56.6 Å². The Bertz CT molecular complexity index is 1100. The van der Waals surface area contributed by atoms with E-state index in [-0.39, 0.29) is 42.1 Å². The maximum absolute atomic E-state index is 14.5. The van der Waals surface area contributed by atoms with Crippen LogP contribution in [0.4, 0.5) is 5.69 Å². The molecule has 3 heterocycles. The molecule has 3 unspecified atom stereocenters. The third-order valence-corrected chi connectivity index (χ3v) is 10.7. The Morgan fingerprint density at radius 2 is 2.00 bits per heavy atom. The van der Waals surface area contributed by atoms with Crippen LogP contribution in [0, 0.1) is 17.8 Å². The SMILES string of the molecule is C=CCCCCOC(=O)[C@@H]1[C@H]2C(=O)N(CCCCO)C(C(=O)N(CC=C)c3ccccc3Cl)C23S[C@@H]1CC3C. The van der Waals surface area contributed by atoms with Crippen molar-refractivity contribution in [2.24, 2.45) is 17.8 Å². The molecule has 7 nitrogen and oxygen atoms in total. The molecule has 0 radical (unpaired) electrons. The smallest absolute Gasteiger partial charge is 0.310 e. The molecule has 3 aliphatic heterocycles. The second-order valence-electron chi connectivity index (χ2n) is 10.7. The van der Waals surface area contributed by atoms with Crippen molar-refractivity contribution in [3.05, 3.63) is 54.6 Å². The number of likely N-dealkylation sites (tertiary alicyclic amines) is 1. The van der Waals surface area contributed by atoms with Crippen LogP contribution in [0.3, 0.4) is 0 Å². The quantitative estimate of drug-likeness (QED) is 0.194. The van der Waals surface area contributed by atoms with Gasteiger partial charge in [-0.25, -0.2) is 0 Å². The van der Waals surface area contributed by atoms with Crippen molar-refractivity contribution in [1.29, 1.82) is 0 Å². The normalized spacial score (nSPS) is 28.8. The zero-order valence-corrected chi connectivity index (χ0v) is 24.2. The van der Waals surface area contributed by atoms with E-state index in [1.807, 2.05) is 18.2 Å². The number of anilines is 1. The van der Waals surface area contributed by atoms with E-state index in [9.17, 15) is 19.5 Å². The first-order valence-electron chi connectivity index (χ1n) is 13.9. The fourth-order valence-electron chi connectivity index (χ4n) is 6.62. The van der Waals surface area contributed by atoms with Crippen LogP contribution in [-0.2, 0) is 19.1 Å². The Labute approximate surface area is 240 Å². The molecule has 3 saturated heterocycles. The average Bonchev–Trinajstić information content (AvgIpc) is 3.51. The standard InChI is InChI=1S/C30H39ClN2O5S/c1-4-6-7-12-18-38-29(37)24-23-19-20(3)30(39-23)25(24)27(35)33(16-10-11-17-34)26(30)28(36)32(15-5-2)22-14-9-8-13-21(22)31/h4-5,8-9,13-14,20,23-26,34H,1-2,6-7,10-12,15-19H2,3H3/t20?,23-,24+,25+,26?,30?/m1/s1. The first-order chi connectivity index (χ1) is 18.8. The van der Waals surface area contributed by atoms with Gasteiger partial charge >= 0.3 is 5.97 Å². The summed E-state index contributed by atoms with van der Waals surface area (Å²) in [6.45, 7) is 10.6. The molecule has 2 amide bonds. The van der Waals surface area contributed by atoms with E-state index in [1.54, 1.807) is 39.8 Å². The first-order valence-corrected chi connectivity index (χ1v) is 15.1. The molecule has 212 valence electrons. The summed E-state index contributed by atoms with van der Waals surface area (Å²) < 4.78 is 4.95. The van der Waals surface area contributed by atoms with Gasteiger partial charge in [0.25, 0.3) is 5.91 Å². The number of aliphatic hydroxyl groups is 1. The predicted octanol–water partition coefficient (Wildman–Crippen LogP) is 4.87. The van der Waals surface area contributed by atoms with Crippen molar-refractivity contribution in [1.82, 2.24) is 4.90 Å². The number of rotatable bonds is 14. The predicted molar refractivity (Wildman–Crippen MR) is 156 cm³/mol. The molecule has 1 aromatic carbocycles. The second-order valence-corrected chi connectivity index (χ2v) is 12.6. The number of carbonyl (C=O) groups excluding carboxylic acids is 3. The van der Waals surface area contributed by atoms with Crippen LogP contribution in [0.5, 0.6) is 0 Å². The van der Waals surface area contributed by atoms with Gasteiger partial charge in [-0.3, -0.25) is 14.4 Å². The molecule has 6 atom stereocenters. The van der Waals surface area contributed by atoms with E-state index in [4.69, 9.17) is 16.3 Å². The lowest BCUT2D eigenvalue weighted by Gasteiger charge is -2.40. The summed E-state index contributed by atoms with van der Waals surface area (Å²) in [6.07, 6.45) is 7.81. The summed E-state index contributed by atoms with van der Waals surface area (Å²) >= 11 is 8.15. The van der Waals surface area contributed by atoms with E-state index in [1.165, 1.54) is 0 Å². The zero-order chi connectivity index (χ0) is 28.2. The number of hydrogen-bond acceptors (Lipinski definition) is 6. The van der Waals surface area contributed by atoms with Crippen LogP contribution in [0.1, 0.15) is 45.4 Å². The van der Waals surface area contributed by atoms with Gasteiger partial charge in [0, 0.05) is 24.9 Å². The summed E-state index contributed by atoms with van der Waals surface area (Å²) in [5.41, 5.74) is 0.562. The minimum atomic E-state index is -0.764. The fourth-order valence-corrected chi connectivity index (χ4v) is 9.26. The molecule has 1 spiro atoms. The number of allylic oxidation sites excluding steroid dienone is 1. The lowest BCUT2D eigenvalue weighted by molar-refractivity contribution is -0.154. The molecule has 0 aliphatic carbocycles. The Balaban J connectivity index is 1.69. The van der Waals surface area contributed by atoms with Crippen LogP contribution < -0.4 is 4.90 Å². The van der Waals surface area contributed by atoms with Crippen molar-refractivity contribution < 1.29 is 24.2 Å². The molecule has 1 aromatic rings. The zero-order valence-electron chi connectivity index (χ0n) is 22.6. The van der Waals surface area contributed by atoms with Crippen LogP contribution >= 0.6 is 23.4 Å². The van der Waals surface area contributed by atoms with Crippen molar-refractivity contribution in [3.63, 3.8) is 0 Å². The maximum atomic E-state index is 14.5. The third kappa shape index (κ3) is 5.40. The van der Waals surface area contributed by atoms with Gasteiger partial charge in [0.05, 0.1) is 33.9 Å².